The second-order valence-corrected chi connectivity index (χ2v) is 8.66. The molecule has 0 aromatic heterocycles. The van der Waals surface area contributed by atoms with Gasteiger partial charge in [-0.1, -0.05) is 71.9 Å². The molecule has 31 heavy (non-hydrogen) atoms. The lowest BCUT2D eigenvalue weighted by Crippen LogP contribution is -2.31. The first kappa shape index (κ1) is 21.2. The van der Waals surface area contributed by atoms with Crippen LogP contribution in [0.3, 0.4) is 0 Å². The van der Waals surface area contributed by atoms with E-state index in [1.54, 1.807) is 36.2 Å². The first-order valence-corrected chi connectivity index (χ1v) is 11.1. The Bertz CT molecular complexity index is 1160. The zero-order valence-electron chi connectivity index (χ0n) is 17.0. The maximum atomic E-state index is 12.9. The van der Waals surface area contributed by atoms with Crippen molar-refractivity contribution in [2.24, 2.45) is 0 Å². The van der Waals surface area contributed by atoms with Crippen LogP contribution in [0.4, 0.5) is 5.69 Å². The number of hydrogen-bond donors (Lipinski definition) is 1. The highest BCUT2D eigenvalue weighted by atomic mass is 35.5. The van der Waals surface area contributed by atoms with E-state index in [9.17, 15) is 9.59 Å². The van der Waals surface area contributed by atoms with Crippen LogP contribution in [0.25, 0.3) is 6.08 Å². The number of thioether (sulfide) groups is 1. The molecule has 0 spiro atoms. The van der Waals surface area contributed by atoms with Gasteiger partial charge in [0.1, 0.15) is 0 Å². The van der Waals surface area contributed by atoms with Crippen LogP contribution in [-0.4, -0.2) is 25.4 Å². The highest BCUT2D eigenvalue weighted by Gasteiger charge is 2.27. The molecular weight excluding hydrogens is 428 g/mol. The van der Waals surface area contributed by atoms with E-state index in [4.69, 9.17) is 11.6 Å². The first-order chi connectivity index (χ1) is 15.0. The molecule has 4 nitrogen and oxygen atoms in total. The monoisotopic (exact) mass is 448 g/mol. The standard InChI is InChI=1S/C25H21ClN2O2S/c1-28-21-15-19(24(29)27-14-13-17-7-3-2-4-8-17)11-12-22(21)31-23(25(28)30)16-18-9-5-6-10-20(18)26/h2-12,15-16H,13-14H2,1H3,(H,27,29)/b23-16-. The molecule has 3 aromatic rings. The lowest BCUT2D eigenvalue weighted by molar-refractivity contribution is -0.114. The van der Waals surface area contributed by atoms with E-state index in [1.165, 1.54) is 17.3 Å². The highest BCUT2D eigenvalue weighted by molar-refractivity contribution is 8.04. The summed E-state index contributed by atoms with van der Waals surface area (Å²) in [5.74, 6) is -0.277. The number of benzene rings is 3. The maximum absolute atomic E-state index is 12.9. The number of anilines is 1. The van der Waals surface area contributed by atoms with Crippen molar-refractivity contribution in [1.82, 2.24) is 5.32 Å². The number of carbonyl (C=O) groups excluding carboxylic acids is 2. The Balaban J connectivity index is 1.49. The van der Waals surface area contributed by atoms with E-state index in [2.05, 4.69) is 5.32 Å². The Morgan fingerprint density at radius 1 is 1.06 bits per heavy atom. The van der Waals surface area contributed by atoms with Crippen LogP contribution in [0.5, 0.6) is 0 Å². The van der Waals surface area contributed by atoms with Gasteiger partial charge in [0.25, 0.3) is 11.8 Å². The van der Waals surface area contributed by atoms with Gasteiger partial charge in [-0.25, -0.2) is 0 Å². The van der Waals surface area contributed by atoms with E-state index in [0.717, 1.165) is 22.6 Å². The van der Waals surface area contributed by atoms with Gasteiger partial charge in [-0.3, -0.25) is 9.59 Å². The summed E-state index contributed by atoms with van der Waals surface area (Å²) in [6, 6.07) is 22.9. The number of hydrogen-bond acceptors (Lipinski definition) is 3. The third kappa shape index (κ3) is 4.84. The lowest BCUT2D eigenvalue weighted by atomic mass is 10.1. The van der Waals surface area contributed by atoms with Crippen LogP contribution >= 0.6 is 23.4 Å². The molecule has 0 unspecified atom stereocenters. The number of likely N-dealkylation sites (N-methyl/N-ethyl adjacent to an activating group) is 1. The molecule has 0 atom stereocenters. The van der Waals surface area contributed by atoms with E-state index in [-0.39, 0.29) is 11.8 Å². The van der Waals surface area contributed by atoms with Crippen molar-refractivity contribution < 1.29 is 9.59 Å². The molecule has 1 N–H and O–H groups in total. The van der Waals surface area contributed by atoms with Crippen molar-refractivity contribution in [3.8, 4) is 0 Å². The van der Waals surface area contributed by atoms with Crippen LogP contribution in [0.2, 0.25) is 5.02 Å². The summed E-state index contributed by atoms with van der Waals surface area (Å²) >= 11 is 7.63. The number of nitrogens with one attached hydrogen (secondary N) is 1. The van der Waals surface area contributed by atoms with E-state index < -0.39 is 0 Å². The fraction of sp³-hybridized carbons (Fsp3) is 0.120. The normalized spacial score (nSPS) is 14.5. The van der Waals surface area contributed by atoms with Crippen LogP contribution in [0, 0.1) is 0 Å². The SMILES string of the molecule is CN1C(=O)/C(=C/c2ccccc2Cl)Sc2ccc(C(=O)NCCc3ccccc3)cc21. The molecule has 0 aliphatic carbocycles. The van der Waals surface area contributed by atoms with Gasteiger partial charge in [-0.05, 0) is 47.9 Å². The molecule has 0 saturated heterocycles. The Kier molecular flexibility index (Phi) is 6.44. The highest BCUT2D eigenvalue weighted by Crippen LogP contribution is 2.42. The largest absolute Gasteiger partial charge is 0.352 e. The molecule has 0 radical (unpaired) electrons. The zero-order valence-corrected chi connectivity index (χ0v) is 18.5. The van der Waals surface area contributed by atoms with Gasteiger partial charge in [0.05, 0.1) is 10.6 Å². The molecule has 1 aliphatic heterocycles. The summed E-state index contributed by atoms with van der Waals surface area (Å²) < 4.78 is 0. The van der Waals surface area contributed by atoms with Crippen LogP contribution in [-0.2, 0) is 11.2 Å². The predicted molar refractivity (Wildman–Crippen MR) is 128 cm³/mol. The number of nitrogens with zero attached hydrogens (tertiary/aromatic N) is 1. The topological polar surface area (TPSA) is 49.4 Å². The number of amides is 2. The van der Waals surface area contributed by atoms with Crippen LogP contribution in [0.1, 0.15) is 21.5 Å². The Morgan fingerprint density at radius 2 is 1.81 bits per heavy atom. The smallest absolute Gasteiger partial charge is 0.264 e. The number of rotatable bonds is 5. The molecule has 1 aliphatic rings. The van der Waals surface area contributed by atoms with Gasteiger partial charge in [-0.15, -0.1) is 0 Å². The second kappa shape index (κ2) is 9.41. The lowest BCUT2D eigenvalue weighted by Gasteiger charge is -2.27. The van der Waals surface area contributed by atoms with Crippen molar-refractivity contribution in [3.63, 3.8) is 0 Å². The summed E-state index contributed by atoms with van der Waals surface area (Å²) in [4.78, 5) is 28.6. The molecule has 2 amide bonds. The molecule has 0 fully saturated rings. The molecule has 3 aromatic carbocycles. The molecule has 4 rings (SSSR count). The van der Waals surface area contributed by atoms with Crippen molar-refractivity contribution in [2.75, 3.05) is 18.5 Å². The summed E-state index contributed by atoms with van der Waals surface area (Å²) in [5, 5.41) is 3.55. The molecular formula is C25H21ClN2O2S. The Morgan fingerprint density at radius 3 is 2.58 bits per heavy atom. The van der Waals surface area contributed by atoms with Gasteiger partial charge >= 0.3 is 0 Å². The molecule has 6 heteroatoms. The van der Waals surface area contributed by atoms with E-state index in [0.29, 0.717) is 22.0 Å². The molecule has 156 valence electrons. The van der Waals surface area contributed by atoms with Crippen molar-refractivity contribution in [2.45, 2.75) is 11.3 Å². The van der Waals surface area contributed by atoms with Crippen LogP contribution in [0.15, 0.2) is 82.6 Å². The number of fused-ring (bicyclic) bond motifs is 1. The average Bonchev–Trinajstić information content (AvgIpc) is 2.79. The third-order valence-electron chi connectivity index (χ3n) is 5.05. The Labute approximate surface area is 190 Å². The minimum atomic E-state index is -0.151. The van der Waals surface area contributed by atoms with Crippen molar-refractivity contribution >= 4 is 46.9 Å². The van der Waals surface area contributed by atoms with Crippen molar-refractivity contribution in [1.29, 1.82) is 0 Å². The van der Waals surface area contributed by atoms with Gasteiger partial charge in [0.2, 0.25) is 0 Å². The maximum Gasteiger partial charge on any atom is 0.264 e. The summed E-state index contributed by atoms with van der Waals surface area (Å²) in [5.41, 5.74) is 3.23. The zero-order chi connectivity index (χ0) is 21.8. The van der Waals surface area contributed by atoms with E-state index >= 15 is 0 Å². The number of halogens is 1. The summed E-state index contributed by atoms with van der Waals surface area (Å²) in [6.07, 6.45) is 2.57. The third-order valence-corrected chi connectivity index (χ3v) is 6.47. The van der Waals surface area contributed by atoms with Crippen LogP contribution < -0.4 is 10.2 Å². The fourth-order valence-electron chi connectivity index (χ4n) is 3.34. The molecule has 1 heterocycles. The van der Waals surface area contributed by atoms with Gasteiger partial charge in [0.15, 0.2) is 0 Å². The van der Waals surface area contributed by atoms with Gasteiger partial charge in [0, 0.05) is 29.1 Å². The molecule has 0 bridgehead atoms. The molecule has 0 saturated carbocycles. The summed E-state index contributed by atoms with van der Waals surface area (Å²) in [7, 11) is 1.72. The average molecular weight is 449 g/mol. The minimum absolute atomic E-state index is 0.126. The first-order valence-electron chi connectivity index (χ1n) is 9.91. The second-order valence-electron chi connectivity index (χ2n) is 7.17. The van der Waals surface area contributed by atoms with Crippen molar-refractivity contribution in [3.05, 3.63) is 99.4 Å². The van der Waals surface area contributed by atoms with Gasteiger partial charge < -0.3 is 10.2 Å². The van der Waals surface area contributed by atoms with Gasteiger partial charge in [-0.2, -0.15) is 0 Å². The predicted octanol–water partition coefficient (Wildman–Crippen LogP) is 5.42. The summed E-state index contributed by atoms with van der Waals surface area (Å²) in [6.45, 7) is 0.550. The minimum Gasteiger partial charge on any atom is -0.352 e. The number of carbonyl (C=O) groups is 2. The fourth-order valence-corrected chi connectivity index (χ4v) is 4.61. The van der Waals surface area contributed by atoms with E-state index in [1.807, 2.05) is 54.6 Å². The Hall–Kier alpha value is -3.02. The quantitative estimate of drug-likeness (QED) is 0.530.